The van der Waals surface area contributed by atoms with E-state index in [1.165, 1.54) is 6.07 Å². The van der Waals surface area contributed by atoms with Crippen LogP contribution in [0.5, 0.6) is 0 Å². The molecule has 7 nitrogen and oxygen atoms in total. The van der Waals surface area contributed by atoms with Crippen molar-refractivity contribution in [2.24, 2.45) is 7.05 Å². The molecule has 1 aromatic heterocycles. The molecular weight excluding hydrogens is 246 g/mol. The van der Waals surface area contributed by atoms with Gasteiger partial charge in [-0.1, -0.05) is 6.07 Å². The van der Waals surface area contributed by atoms with Crippen molar-refractivity contribution in [3.8, 4) is 0 Å². The number of carbonyl (C=O) groups is 1. The predicted molar refractivity (Wildman–Crippen MR) is 71.0 cm³/mol. The van der Waals surface area contributed by atoms with Gasteiger partial charge < -0.3 is 16.2 Å². The fraction of sp³-hybridized carbons (Fsp3) is 0.250. The summed E-state index contributed by atoms with van der Waals surface area (Å²) in [5, 5.41) is 16.2. The first kappa shape index (κ1) is 12.9. The molecule has 7 heteroatoms. The number of nitrogens with one attached hydrogen (secondary N) is 1. The van der Waals surface area contributed by atoms with Crippen LogP contribution in [0.25, 0.3) is 0 Å². The van der Waals surface area contributed by atoms with E-state index >= 15 is 0 Å². The van der Waals surface area contributed by atoms with Gasteiger partial charge in [-0.05, 0) is 12.1 Å². The monoisotopic (exact) mass is 261 g/mol. The normalized spacial score (nSPS) is 10.4. The van der Waals surface area contributed by atoms with E-state index in [-0.39, 0.29) is 11.3 Å². The highest BCUT2D eigenvalue weighted by Gasteiger charge is 2.10. The Kier molecular flexibility index (Phi) is 3.65. The van der Waals surface area contributed by atoms with E-state index in [1.807, 2.05) is 0 Å². The Bertz CT molecular complexity index is 594. The minimum Gasteiger partial charge on any atom is -0.478 e. The molecule has 0 saturated carbocycles. The highest BCUT2D eigenvalue weighted by molar-refractivity contribution is 5.97. The molecule has 2 rings (SSSR count). The van der Waals surface area contributed by atoms with Crippen molar-refractivity contribution in [1.29, 1.82) is 0 Å². The number of nitrogen functional groups attached to an aromatic ring is 1. The standard InChI is InChI=1S/C12H15N5O2/c1-17-7-15-10(16-17)5-6-14-9-4-2-3-8(11(9)13)12(18)19/h2-4,7,14H,5-6,13H2,1H3,(H,18,19). The number of hydrogen-bond acceptors (Lipinski definition) is 5. The van der Waals surface area contributed by atoms with Crippen LogP contribution < -0.4 is 11.1 Å². The maximum absolute atomic E-state index is 10.9. The summed E-state index contributed by atoms with van der Waals surface area (Å²) in [4.78, 5) is 15.0. The lowest BCUT2D eigenvalue weighted by Crippen LogP contribution is -2.10. The van der Waals surface area contributed by atoms with Crippen LogP contribution in [0, 0.1) is 0 Å². The minimum atomic E-state index is -1.03. The highest BCUT2D eigenvalue weighted by atomic mass is 16.4. The number of carboxylic acids is 1. The van der Waals surface area contributed by atoms with Crippen molar-refractivity contribution >= 4 is 17.3 Å². The van der Waals surface area contributed by atoms with Crippen LogP contribution >= 0.6 is 0 Å². The van der Waals surface area contributed by atoms with Crippen LogP contribution in [-0.4, -0.2) is 32.4 Å². The fourth-order valence-electron chi connectivity index (χ4n) is 1.71. The van der Waals surface area contributed by atoms with Gasteiger partial charge in [0.05, 0.1) is 16.9 Å². The van der Waals surface area contributed by atoms with Crippen molar-refractivity contribution < 1.29 is 9.90 Å². The topological polar surface area (TPSA) is 106 Å². The van der Waals surface area contributed by atoms with Crippen LogP contribution in [0.3, 0.4) is 0 Å². The lowest BCUT2D eigenvalue weighted by Gasteiger charge is -2.10. The molecule has 0 bridgehead atoms. The van der Waals surface area contributed by atoms with E-state index in [4.69, 9.17) is 10.8 Å². The largest absolute Gasteiger partial charge is 0.478 e. The Morgan fingerprint density at radius 3 is 2.95 bits per heavy atom. The summed E-state index contributed by atoms with van der Waals surface area (Å²) < 4.78 is 1.63. The molecule has 0 atom stereocenters. The van der Waals surface area contributed by atoms with Gasteiger partial charge in [-0.15, -0.1) is 0 Å². The molecule has 0 fully saturated rings. The Morgan fingerprint density at radius 1 is 1.53 bits per heavy atom. The Hall–Kier alpha value is -2.57. The van der Waals surface area contributed by atoms with Crippen molar-refractivity contribution in [3.05, 3.63) is 35.9 Å². The summed E-state index contributed by atoms with van der Waals surface area (Å²) in [6, 6.07) is 4.87. The Morgan fingerprint density at radius 2 is 2.32 bits per heavy atom. The number of anilines is 2. The smallest absolute Gasteiger partial charge is 0.337 e. The summed E-state index contributed by atoms with van der Waals surface area (Å²) in [5.74, 6) is -0.310. The number of rotatable bonds is 5. The number of hydrogen-bond donors (Lipinski definition) is 3. The number of aromatic nitrogens is 3. The maximum atomic E-state index is 10.9. The van der Waals surface area contributed by atoms with E-state index in [0.717, 1.165) is 5.82 Å². The first-order valence-corrected chi connectivity index (χ1v) is 5.78. The molecule has 1 heterocycles. The molecule has 0 unspecified atom stereocenters. The van der Waals surface area contributed by atoms with Crippen LogP contribution in [0.4, 0.5) is 11.4 Å². The summed E-state index contributed by atoms with van der Waals surface area (Å²) in [6.07, 6.45) is 2.27. The quantitative estimate of drug-likeness (QED) is 0.686. The molecule has 0 saturated heterocycles. The average Bonchev–Trinajstić information content (AvgIpc) is 2.77. The van der Waals surface area contributed by atoms with Crippen LogP contribution in [0.15, 0.2) is 24.5 Å². The summed E-state index contributed by atoms with van der Waals surface area (Å²) in [5.41, 5.74) is 6.73. The van der Waals surface area contributed by atoms with Gasteiger partial charge in [-0.3, -0.25) is 4.68 Å². The first-order chi connectivity index (χ1) is 9.08. The second-order valence-corrected chi connectivity index (χ2v) is 4.08. The SMILES string of the molecule is Cn1cnc(CCNc2cccc(C(=O)O)c2N)n1. The zero-order valence-electron chi connectivity index (χ0n) is 10.5. The Balaban J connectivity index is 2.00. The van der Waals surface area contributed by atoms with Crippen LogP contribution in [0.1, 0.15) is 16.2 Å². The number of nitrogens with two attached hydrogens (primary N) is 1. The summed E-state index contributed by atoms with van der Waals surface area (Å²) in [7, 11) is 1.80. The van der Waals surface area contributed by atoms with E-state index in [9.17, 15) is 4.79 Å². The third kappa shape index (κ3) is 3.01. The number of aryl methyl sites for hydroxylation is 1. The number of para-hydroxylation sites is 1. The third-order valence-corrected chi connectivity index (χ3v) is 2.65. The van der Waals surface area contributed by atoms with Gasteiger partial charge in [0.15, 0.2) is 5.82 Å². The van der Waals surface area contributed by atoms with E-state index in [0.29, 0.717) is 18.7 Å². The minimum absolute atomic E-state index is 0.0981. The van der Waals surface area contributed by atoms with Gasteiger partial charge >= 0.3 is 5.97 Å². The number of benzene rings is 1. The van der Waals surface area contributed by atoms with Gasteiger partial charge in [0, 0.05) is 20.0 Å². The van der Waals surface area contributed by atoms with E-state index in [1.54, 1.807) is 30.2 Å². The van der Waals surface area contributed by atoms with E-state index in [2.05, 4.69) is 15.4 Å². The third-order valence-electron chi connectivity index (χ3n) is 2.65. The molecule has 0 aliphatic heterocycles. The van der Waals surface area contributed by atoms with Crippen LogP contribution in [0.2, 0.25) is 0 Å². The van der Waals surface area contributed by atoms with Crippen molar-refractivity contribution in [2.45, 2.75) is 6.42 Å². The zero-order valence-corrected chi connectivity index (χ0v) is 10.5. The lowest BCUT2D eigenvalue weighted by atomic mass is 10.1. The van der Waals surface area contributed by atoms with E-state index < -0.39 is 5.97 Å². The molecule has 0 spiro atoms. The van der Waals surface area contributed by atoms with Crippen molar-refractivity contribution in [1.82, 2.24) is 14.8 Å². The zero-order chi connectivity index (χ0) is 13.8. The van der Waals surface area contributed by atoms with Gasteiger partial charge in [-0.25, -0.2) is 9.78 Å². The molecule has 1 aromatic carbocycles. The fourth-order valence-corrected chi connectivity index (χ4v) is 1.71. The predicted octanol–water partition coefficient (Wildman–Crippen LogP) is 0.750. The molecular formula is C12H15N5O2. The average molecular weight is 261 g/mol. The van der Waals surface area contributed by atoms with Gasteiger partial charge in [0.2, 0.25) is 0 Å². The van der Waals surface area contributed by atoms with Gasteiger partial charge in [0.1, 0.15) is 6.33 Å². The molecule has 0 amide bonds. The molecule has 0 radical (unpaired) electrons. The second kappa shape index (κ2) is 5.38. The Labute approximate surface area is 110 Å². The maximum Gasteiger partial charge on any atom is 0.337 e. The second-order valence-electron chi connectivity index (χ2n) is 4.08. The van der Waals surface area contributed by atoms with Crippen molar-refractivity contribution in [2.75, 3.05) is 17.6 Å². The molecule has 0 aliphatic rings. The first-order valence-electron chi connectivity index (χ1n) is 5.78. The van der Waals surface area contributed by atoms with Crippen LogP contribution in [-0.2, 0) is 13.5 Å². The molecule has 2 aromatic rings. The van der Waals surface area contributed by atoms with Crippen molar-refractivity contribution in [3.63, 3.8) is 0 Å². The highest BCUT2D eigenvalue weighted by Crippen LogP contribution is 2.22. The van der Waals surface area contributed by atoms with Gasteiger partial charge in [-0.2, -0.15) is 5.10 Å². The number of aromatic carboxylic acids is 1. The molecule has 100 valence electrons. The lowest BCUT2D eigenvalue weighted by molar-refractivity contribution is 0.0698. The number of carboxylic acid groups (broad SMARTS) is 1. The number of nitrogens with zero attached hydrogens (tertiary/aromatic N) is 3. The molecule has 19 heavy (non-hydrogen) atoms. The summed E-state index contributed by atoms with van der Waals surface area (Å²) in [6.45, 7) is 0.581. The molecule has 4 N–H and O–H groups in total. The van der Waals surface area contributed by atoms with Gasteiger partial charge in [0.25, 0.3) is 0 Å². The summed E-state index contributed by atoms with van der Waals surface area (Å²) >= 11 is 0. The molecule has 0 aliphatic carbocycles.